The molecule has 1 aromatic carbocycles. The third-order valence-electron chi connectivity index (χ3n) is 6.60. The monoisotopic (exact) mass is 527 g/mol. The van der Waals surface area contributed by atoms with Gasteiger partial charge >= 0.3 is 0 Å². The van der Waals surface area contributed by atoms with Crippen LogP contribution in [0.5, 0.6) is 0 Å². The molecule has 0 saturated carbocycles. The van der Waals surface area contributed by atoms with E-state index in [0.717, 1.165) is 58.4 Å². The Labute approximate surface area is 199 Å². The number of rotatable bonds is 6. The summed E-state index contributed by atoms with van der Waals surface area (Å²) in [6.45, 7) is 14.6. The van der Waals surface area contributed by atoms with Crippen LogP contribution in [-0.2, 0) is 11.3 Å². The molecule has 3 heterocycles. The van der Waals surface area contributed by atoms with Crippen molar-refractivity contribution in [2.45, 2.75) is 39.0 Å². The van der Waals surface area contributed by atoms with Gasteiger partial charge in [-0.3, -0.25) is 9.89 Å². The van der Waals surface area contributed by atoms with Gasteiger partial charge in [0, 0.05) is 45.8 Å². The molecule has 3 aliphatic rings. The molecular weight excluding hydrogens is 489 g/mol. The Morgan fingerprint density at radius 3 is 2.70 bits per heavy atom. The maximum absolute atomic E-state index is 6.16. The van der Waals surface area contributed by atoms with E-state index in [0.29, 0.717) is 12.0 Å². The third kappa shape index (κ3) is 5.87. The van der Waals surface area contributed by atoms with E-state index in [2.05, 4.69) is 64.2 Å². The Bertz CT molecular complexity index is 673. The molecule has 3 saturated heterocycles. The zero-order chi connectivity index (χ0) is 20.1. The summed E-state index contributed by atoms with van der Waals surface area (Å²) in [6, 6.07) is 11.2. The fraction of sp³-hybridized carbons (Fsp3) is 0.696. The van der Waals surface area contributed by atoms with E-state index in [9.17, 15) is 0 Å². The maximum atomic E-state index is 6.16. The van der Waals surface area contributed by atoms with E-state index in [-0.39, 0.29) is 30.1 Å². The molecule has 6 nitrogen and oxygen atoms in total. The number of morpholine rings is 1. The second-order valence-electron chi connectivity index (χ2n) is 8.58. The Kier molecular flexibility index (Phi) is 9.22. The standard InChI is InChI=1S/C23H37N5O.HI/c1-3-24-23(25-14-20-10-11-26(4-2)15-20)28-17-21-22(18-28)29-13-12-27(21)16-19-8-6-5-7-9-19;/h5-9,20-22H,3-4,10-18H2,1-2H3,(H,24,25);1H. The number of ether oxygens (including phenoxy) is 1. The molecule has 0 spiro atoms. The Morgan fingerprint density at radius 1 is 1.13 bits per heavy atom. The predicted molar refractivity (Wildman–Crippen MR) is 134 cm³/mol. The van der Waals surface area contributed by atoms with Crippen molar-refractivity contribution in [1.82, 2.24) is 20.0 Å². The van der Waals surface area contributed by atoms with Gasteiger partial charge in [0.2, 0.25) is 0 Å². The van der Waals surface area contributed by atoms with Crippen LogP contribution in [0.4, 0.5) is 0 Å². The SMILES string of the molecule is CCNC(=NCC1CCN(CC)C1)N1CC2OCCN(Cc3ccccc3)C2C1.I. The van der Waals surface area contributed by atoms with Gasteiger partial charge in [-0.2, -0.15) is 0 Å². The van der Waals surface area contributed by atoms with Crippen LogP contribution in [0, 0.1) is 5.92 Å². The average Bonchev–Trinajstić information content (AvgIpc) is 3.39. The second-order valence-corrected chi connectivity index (χ2v) is 8.58. The molecule has 7 heteroatoms. The smallest absolute Gasteiger partial charge is 0.194 e. The highest BCUT2D eigenvalue weighted by molar-refractivity contribution is 14.0. The molecule has 1 N–H and O–H groups in total. The highest BCUT2D eigenvalue weighted by Crippen LogP contribution is 2.25. The molecule has 3 atom stereocenters. The van der Waals surface area contributed by atoms with Crippen molar-refractivity contribution in [3.05, 3.63) is 35.9 Å². The highest BCUT2D eigenvalue weighted by atomic mass is 127. The fourth-order valence-electron chi connectivity index (χ4n) is 4.94. The first kappa shape index (κ1) is 23.8. The zero-order valence-corrected chi connectivity index (χ0v) is 20.8. The molecule has 0 radical (unpaired) electrons. The van der Waals surface area contributed by atoms with Crippen LogP contribution in [-0.4, -0.2) is 91.8 Å². The molecule has 3 fully saturated rings. The van der Waals surface area contributed by atoms with E-state index >= 15 is 0 Å². The molecule has 0 amide bonds. The van der Waals surface area contributed by atoms with Crippen molar-refractivity contribution in [2.75, 3.05) is 59.0 Å². The number of guanidine groups is 1. The first-order valence-electron chi connectivity index (χ1n) is 11.4. The number of hydrogen-bond acceptors (Lipinski definition) is 4. The van der Waals surface area contributed by atoms with E-state index < -0.39 is 0 Å². The molecule has 0 bridgehead atoms. The van der Waals surface area contributed by atoms with Crippen LogP contribution in [0.25, 0.3) is 0 Å². The minimum absolute atomic E-state index is 0. The van der Waals surface area contributed by atoms with Crippen molar-refractivity contribution in [3.8, 4) is 0 Å². The van der Waals surface area contributed by atoms with Crippen molar-refractivity contribution in [3.63, 3.8) is 0 Å². The van der Waals surface area contributed by atoms with Crippen LogP contribution in [0.3, 0.4) is 0 Å². The molecule has 3 unspecified atom stereocenters. The largest absolute Gasteiger partial charge is 0.373 e. The van der Waals surface area contributed by atoms with Crippen LogP contribution >= 0.6 is 24.0 Å². The lowest BCUT2D eigenvalue weighted by atomic mass is 10.1. The van der Waals surface area contributed by atoms with Gasteiger partial charge in [0.15, 0.2) is 5.96 Å². The first-order chi connectivity index (χ1) is 14.3. The topological polar surface area (TPSA) is 43.3 Å². The summed E-state index contributed by atoms with van der Waals surface area (Å²) in [7, 11) is 0. The highest BCUT2D eigenvalue weighted by Gasteiger charge is 2.41. The lowest BCUT2D eigenvalue weighted by Gasteiger charge is -2.36. The van der Waals surface area contributed by atoms with Crippen LogP contribution < -0.4 is 5.32 Å². The third-order valence-corrected chi connectivity index (χ3v) is 6.60. The lowest BCUT2D eigenvalue weighted by Crippen LogP contribution is -2.50. The van der Waals surface area contributed by atoms with E-state index in [4.69, 9.17) is 9.73 Å². The number of aliphatic imine (C=N–C) groups is 1. The first-order valence-corrected chi connectivity index (χ1v) is 11.4. The van der Waals surface area contributed by atoms with Gasteiger partial charge in [-0.05, 0) is 37.9 Å². The molecule has 168 valence electrons. The number of hydrogen-bond donors (Lipinski definition) is 1. The number of likely N-dealkylation sites (tertiary alicyclic amines) is 2. The van der Waals surface area contributed by atoms with E-state index in [1.807, 2.05) is 0 Å². The Balaban J connectivity index is 0.00000256. The maximum Gasteiger partial charge on any atom is 0.194 e. The van der Waals surface area contributed by atoms with E-state index in [1.165, 1.54) is 25.1 Å². The van der Waals surface area contributed by atoms with Crippen LogP contribution in [0.2, 0.25) is 0 Å². The van der Waals surface area contributed by atoms with Gasteiger partial charge in [-0.25, -0.2) is 0 Å². The Morgan fingerprint density at radius 2 is 1.97 bits per heavy atom. The van der Waals surface area contributed by atoms with Gasteiger partial charge in [-0.15, -0.1) is 24.0 Å². The minimum atomic E-state index is 0. The normalized spacial score (nSPS) is 27.7. The van der Waals surface area contributed by atoms with Crippen molar-refractivity contribution in [1.29, 1.82) is 0 Å². The molecule has 4 rings (SSSR count). The second kappa shape index (κ2) is 11.6. The van der Waals surface area contributed by atoms with Gasteiger partial charge in [-0.1, -0.05) is 37.3 Å². The number of fused-ring (bicyclic) bond motifs is 1. The molecule has 0 aromatic heterocycles. The Hall–Kier alpha value is -0.900. The molecular formula is C23H38IN5O. The minimum Gasteiger partial charge on any atom is -0.373 e. The van der Waals surface area contributed by atoms with Gasteiger partial charge in [0.1, 0.15) is 0 Å². The number of nitrogens with zero attached hydrogens (tertiary/aromatic N) is 4. The van der Waals surface area contributed by atoms with Crippen molar-refractivity contribution in [2.24, 2.45) is 10.9 Å². The van der Waals surface area contributed by atoms with Crippen LogP contribution in [0.15, 0.2) is 35.3 Å². The van der Waals surface area contributed by atoms with Gasteiger partial charge in [0.25, 0.3) is 0 Å². The van der Waals surface area contributed by atoms with Gasteiger partial charge < -0.3 is 19.9 Å². The summed E-state index contributed by atoms with van der Waals surface area (Å²) in [5, 5.41) is 3.54. The quantitative estimate of drug-likeness (QED) is 0.350. The summed E-state index contributed by atoms with van der Waals surface area (Å²) in [5.74, 6) is 1.76. The van der Waals surface area contributed by atoms with Crippen molar-refractivity contribution < 1.29 is 4.74 Å². The van der Waals surface area contributed by atoms with E-state index in [1.54, 1.807) is 0 Å². The number of benzene rings is 1. The average molecular weight is 527 g/mol. The lowest BCUT2D eigenvalue weighted by molar-refractivity contribution is -0.0502. The van der Waals surface area contributed by atoms with Gasteiger partial charge in [0.05, 0.1) is 18.8 Å². The molecule has 1 aromatic rings. The van der Waals surface area contributed by atoms with Crippen LogP contribution in [0.1, 0.15) is 25.8 Å². The summed E-state index contributed by atoms with van der Waals surface area (Å²) in [5.41, 5.74) is 1.38. The summed E-state index contributed by atoms with van der Waals surface area (Å²) >= 11 is 0. The molecule has 0 aliphatic carbocycles. The summed E-state index contributed by atoms with van der Waals surface area (Å²) < 4.78 is 6.16. The molecule has 3 aliphatic heterocycles. The number of nitrogens with one attached hydrogen (secondary N) is 1. The van der Waals surface area contributed by atoms with Crippen molar-refractivity contribution >= 4 is 29.9 Å². The molecule has 30 heavy (non-hydrogen) atoms. The summed E-state index contributed by atoms with van der Waals surface area (Å²) in [6.07, 6.45) is 1.55. The predicted octanol–water partition coefficient (Wildman–Crippen LogP) is 2.50. The number of halogens is 1. The zero-order valence-electron chi connectivity index (χ0n) is 18.5. The fourth-order valence-corrected chi connectivity index (χ4v) is 4.94. The summed E-state index contributed by atoms with van der Waals surface area (Å²) in [4.78, 5) is 12.6.